The Labute approximate surface area is 118 Å². The molecule has 104 valence electrons. The van der Waals surface area contributed by atoms with Crippen molar-refractivity contribution in [2.75, 3.05) is 17.7 Å². The molecule has 2 aromatic rings. The zero-order valence-electron chi connectivity index (χ0n) is 11.6. The molecule has 2 aromatic carbocycles. The predicted octanol–water partition coefficient (Wildman–Crippen LogP) is 3.13. The molecule has 0 aromatic heterocycles. The molecule has 0 saturated carbocycles. The SMILES string of the molecule is COc1ccccc1NC(C)C(=O)Nc1ccccc1. The lowest BCUT2D eigenvalue weighted by atomic mass is 10.2. The Balaban J connectivity index is 2.01. The molecule has 0 heterocycles. The highest BCUT2D eigenvalue weighted by molar-refractivity contribution is 5.96. The number of carbonyl (C=O) groups is 1. The van der Waals surface area contributed by atoms with E-state index in [1.54, 1.807) is 7.11 Å². The smallest absolute Gasteiger partial charge is 0.246 e. The van der Waals surface area contributed by atoms with Gasteiger partial charge in [0, 0.05) is 5.69 Å². The van der Waals surface area contributed by atoms with Gasteiger partial charge in [0.15, 0.2) is 0 Å². The van der Waals surface area contributed by atoms with Crippen LogP contribution >= 0.6 is 0 Å². The summed E-state index contributed by atoms with van der Waals surface area (Å²) in [5.74, 6) is 0.619. The monoisotopic (exact) mass is 270 g/mol. The normalized spacial score (nSPS) is 11.5. The number of ether oxygens (including phenoxy) is 1. The van der Waals surface area contributed by atoms with E-state index in [4.69, 9.17) is 4.74 Å². The van der Waals surface area contributed by atoms with Crippen LogP contribution in [0.25, 0.3) is 0 Å². The lowest BCUT2D eigenvalue weighted by molar-refractivity contribution is -0.116. The van der Waals surface area contributed by atoms with E-state index in [1.165, 1.54) is 0 Å². The molecule has 20 heavy (non-hydrogen) atoms. The van der Waals surface area contributed by atoms with E-state index < -0.39 is 0 Å². The Hall–Kier alpha value is -2.49. The number of carbonyl (C=O) groups excluding carboxylic acids is 1. The number of benzene rings is 2. The summed E-state index contributed by atoms with van der Waals surface area (Å²) >= 11 is 0. The van der Waals surface area contributed by atoms with Crippen LogP contribution in [-0.4, -0.2) is 19.1 Å². The largest absolute Gasteiger partial charge is 0.495 e. The number of hydrogen-bond acceptors (Lipinski definition) is 3. The molecular weight excluding hydrogens is 252 g/mol. The van der Waals surface area contributed by atoms with E-state index in [-0.39, 0.29) is 11.9 Å². The first kappa shape index (κ1) is 13.9. The van der Waals surface area contributed by atoms with Crippen LogP contribution in [0.2, 0.25) is 0 Å². The molecule has 0 fully saturated rings. The Morgan fingerprint density at radius 2 is 1.70 bits per heavy atom. The van der Waals surface area contributed by atoms with Crippen LogP contribution in [0.1, 0.15) is 6.92 Å². The van der Waals surface area contributed by atoms with Crippen LogP contribution in [0.15, 0.2) is 54.6 Å². The average molecular weight is 270 g/mol. The van der Waals surface area contributed by atoms with Crippen LogP contribution < -0.4 is 15.4 Å². The van der Waals surface area contributed by atoms with E-state index in [0.717, 1.165) is 11.4 Å². The summed E-state index contributed by atoms with van der Waals surface area (Å²) in [4.78, 5) is 12.1. The zero-order chi connectivity index (χ0) is 14.4. The summed E-state index contributed by atoms with van der Waals surface area (Å²) < 4.78 is 5.25. The summed E-state index contributed by atoms with van der Waals surface area (Å²) in [5.41, 5.74) is 1.58. The standard InChI is InChI=1S/C16H18N2O2/c1-12(16(19)18-13-8-4-3-5-9-13)17-14-10-6-7-11-15(14)20-2/h3-12,17H,1-2H3,(H,18,19). The molecule has 0 spiro atoms. The zero-order valence-corrected chi connectivity index (χ0v) is 11.6. The minimum atomic E-state index is -0.369. The Kier molecular flexibility index (Phi) is 4.60. The van der Waals surface area contributed by atoms with Crippen molar-refractivity contribution in [1.29, 1.82) is 0 Å². The van der Waals surface area contributed by atoms with Crippen LogP contribution in [0.5, 0.6) is 5.75 Å². The third kappa shape index (κ3) is 3.51. The topological polar surface area (TPSA) is 50.4 Å². The lowest BCUT2D eigenvalue weighted by Gasteiger charge is -2.17. The van der Waals surface area contributed by atoms with Crippen molar-refractivity contribution in [3.8, 4) is 5.75 Å². The Morgan fingerprint density at radius 1 is 1.05 bits per heavy atom. The fourth-order valence-corrected chi connectivity index (χ4v) is 1.83. The highest BCUT2D eigenvalue weighted by Crippen LogP contribution is 2.23. The third-order valence-corrected chi connectivity index (χ3v) is 2.91. The van der Waals surface area contributed by atoms with Crippen molar-refractivity contribution in [2.24, 2.45) is 0 Å². The number of rotatable bonds is 5. The van der Waals surface area contributed by atoms with Crippen molar-refractivity contribution in [3.05, 3.63) is 54.6 Å². The van der Waals surface area contributed by atoms with Crippen LogP contribution in [0.4, 0.5) is 11.4 Å². The molecule has 0 saturated heterocycles. The molecular formula is C16H18N2O2. The van der Waals surface area contributed by atoms with Gasteiger partial charge in [-0.25, -0.2) is 0 Å². The third-order valence-electron chi connectivity index (χ3n) is 2.91. The van der Waals surface area contributed by atoms with E-state index in [9.17, 15) is 4.79 Å². The van der Waals surface area contributed by atoms with Crippen molar-refractivity contribution in [2.45, 2.75) is 13.0 Å². The maximum atomic E-state index is 12.1. The predicted molar refractivity (Wildman–Crippen MR) is 81.2 cm³/mol. The summed E-state index contributed by atoms with van der Waals surface area (Å²) in [6.07, 6.45) is 0. The molecule has 0 bridgehead atoms. The van der Waals surface area contributed by atoms with E-state index >= 15 is 0 Å². The number of para-hydroxylation sites is 3. The molecule has 2 N–H and O–H groups in total. The quantitative estimate of drug-likeness (QED) is 0.877. The molecule has 0 radical (unpaired) electrons. The van der Waals surface area contributed by atoms with Gasteiger partial charge in [-0.3, -0.25) is 4.79 Å². The molecule has 1 amide bonds. The second-order valence-electron chi connectivity index (χ2n) is 4.42. The van der Waals surface area contributed by atoms with Gasteiger partial charge < -0.3 is 15.4 Å². The Morgan fingerprint density at radius 3 is 2.40 bits per heavy atom. The summed E-state index contributed by atoms with van der Waals surface area (Å²) in [6.45, 7) is 1.81. The number of nitrogens with one attached hydrogen (secondary N) is 2. The summed E-state index contributed by atoms with van der Waals surface area (Å²) in [7, 11) is 1.61. The maximum absolute atomic E-state index is 12.1. The Bertz CT molecular complexity index is 570. The highest BCUT2D eigenvalue weighted by Gasteiger charge is 2.14. The molecule has 4 nitrogen and oxygen atoms in total. The fraction of sp³-hybridized carbons (Fsp3) is 0.188. The first-order valence-electron chi connectivity index (χ1n) is 6.46. The molecule has 1 atom stereocenters. The minimum absolute atomic E-state index is 0.0953. The van der Waals surface area contributed by atoms with Gasteiger partial charge >= 0.3 is 0 Å². The number of hydrogen-bond donors (Lipinski definition) is 2. The van der Waals surface area contributed by atoms with Crippen molar-refractivity contribution >= 4 is 17.3 Å². The number of methoxy groups -OCH3 is 1. The molecule has 1 unspecified atom stereocenters. The number of amides is 1. The summed E-state index contributed by atoms with van der Waals surface area (Å²) in [5, 5.41) is 6.00. The maximum Gasteiger partial charge on any atom is 0.246 e. The van der Waals surface area contributed by atoms with Gasteiger partial charge in [0.2, 0.25) is 5.91 Å². The van der Waals surface area contributed by atoms with E-state index in [0.29, 0.717) is 5.75 Å². The van der Waals surface area contributed by atoms with Crippen LogP contribution in [0.3, 0.4) is 0 Å². The second kappa shape index (κ2) is 6.61. The van der Waals surface area contributed by atoms with Gasteiger partial charge in [0.25, 0.3) is 0 Å². The second-order valence-corrected chi connectivity index (χ2v) is 4.42. The first-order valence-corrected chi connectivity index (χ1v) is 6.46. The molecule has 0 aliphatic rings. The van der Waals surface area contributed by atoms with Gasteiger partial charge in [-0.1, -0.05) is 30.3 Å². The van der Waals surface area contributed by atoms with Crippen molar-refractivity contribution < 1.29 is 9.53 Å². The first-order chi connectivity index (χ1) is 9.70. The van der Waals surface area contributed by atoms with Gasteiger partial charge in [0.1, 0.15) is 11.8 Å². The minimum Gasteiger partial charge on any atom is -0.495 e. The van der Waals surface area contributed by atoms with Crippen LogP contribution in [-0.2, 0) is 4.79 Å². The molecule has 0 aliphatic carbocycles. The molecule has 4 heteroatoms. The number of anilines is 2. The molecule has 0 aliphatic heterocycles. The van der Waals surface area contributed by atoms with E-state index in [1.807, 2.05) is 61.5 Å². The van der Waals surface area contributed by atoms with Crippen LogP contribution in [0, 0.1) is 0 Å². The van der Waals surface area contributed by atoms with Gasteiger partial charge in [-0.2, -0.15) is 0 Å². The lowest BCUT2D eigenvalue weighted by Crippen LogP contribution is -2.31. The van der Waals surface area contributed by atoms with Gasteiger partial charge in [-0.15, -0.1) is 0 Å². The van der Waals surface area contributed by atoms with Gasteiger partial charge in [-0.05, 0) is 31.2 Å². The van der Waals surface area contributed by atoms with Gasteiger partial charge in [0.05, 0.1) is 12.8 Å². The molecule has 2 rings (SSSR count). The highest BCUT2D eigenvalue weighted by atomic mass is 16.5. The van der Waals surface area contributed by atoms with Crippen molar-refractivity contribution in [3.63, 3.8) is 0 Å². The average Bonchev–Trinajstić information content (AvgIpc) is 2.48. The summed E-state index contributed by atoms with van der Waals surface area (Å²) in [6, 6.07) is 16.5. The fourth-order valence-electron chi connectivity index (χ4n) is 1.83. The van der Waals surface area contributed by atoms with Crippen molar-refractivity contribution in [1.82, 2.24) is 0 Å². The van der Waals surface area contributed by atoms with E-state index in [2.05, 4.69) is 10.6 Å².